The van der Waals surface area contributed by atoms with Gasteiger partial charge in [-0.25, -0.2) is 0 Å². The van der Waals surface area contributed by atoms with Crippen molar-refractivity contribution in [3.8, 4) is 17.2 Å². The number of hydrogen-bond acceptors (Lipinski definition) is 6. The lowest BCUT2D eigenvalue weighted by atomic mass is 10.1. The van der Waals surface area contributed by atoms with E-state index >= 15 is 0 Å². The summed E-state index contributed by atoms with van der Waals surface area (Å²) in [7, 11) is 5.59. The topological polar surface area (TPSA) is 71.7 Å². The molecule has 0 bridgehead atoms. The average molecular weight is 392 g/mol. The number of ether oxygens (including phenoxy) is 1. The van der Waals surface area contributed by atoms with Crippen molar-refractivity contribution in [2.75, 3.05) is 37.5 Å². The number of hydrogen-bond donors (Lipinski definition) is 0. The van der Waals surface area contributed by atoms with Crippen molar-refractivity contribution >= 4 is 17.3 Å². The monoisotopic (exact) mass is 392 g/mol. The van der Waals surface area contributed by atoms with Crippen molar-refractivity contribution in [3.63, 3.8) is 0 Å². The van der Waals surface area contributed by atoms with E-state index in [1.807, 2.05) is 68.4 Å². The van der Waals surface area contributed by atoms with E-state index in [2.05, 4.69) is 10.1 Å². The fourth-order valence-corrected chi connectivity index (χ4v) is 3.54. The molecular weight excluding hydrogens is 368 g/mol. The van der Waals surface area contributed by atoms with E-state index in [1.54, 1.807) is 12.0 Å². The predicted molar refractivity (Wildman–Crippen MR) is 112 cm³/mol. The van der Waals surface area contributed by atoms with Crippen molar-refractivity contribution in [3.05, 3.63) is 53.9 Å². The van der Waals surface area contributed by atoms with Crippen molar-refractivity contribution < 1.29 is 14.1 Å². The molecule has 1 aliphatic heterocycles. The maximum absolute atomic E-state index is 12.7. The van der Waals surface area contributed by atoms with Gasteiger partial charge in [-0.3, -0.25) is 4.79 Å². The van der Waals surface area contributed by atoms with Crippen LogP contribution >= 0.6 is 0 Å². The predicted octanol–water partition coefficient (Wildman–Crippen LogP) is 3.64. The number of amides is 1. The number of carbonyl (C=O) groups excluding carboxylic acids is 1. The van der Waals surface area contributed by atoms with Crippen molar-refractivity contribution in [2.45, 2.75) is 19.3 Å². The van der Waals surface area contributed by atoms with Gasteiger partial charge in [-0.15, -0.1) is 0 Å². The third kappa shape index (κ3) is 3.68. The summed E-state index contributed by atoms with van der Waals surface area (Å²) in [5.41, 5.74) is 3.80. The first-order chi connectivity index (χ1) is 14.0. The van der Waals surface area contributed by atoms with E-state index in [9.17, 15) is 4.79 Å². The van der Waals surface area contributed by atoms with Gasteiger partial charge in [-0.2, -0.15) is 4.98 Å². The van der Waals surface area contributed by atoms with Crippen LogP contribution in [0.3, 0.4) is 0 Å². The molecule has 0 radical (unpaired) electrons. The second kappa shape index (κ2) is 7.58. The molecule has 0 spiro atoms. The number of nitrogens with zero attached hydrogens (tertiary/aromatic N) is 4. The standard InChI is InChI=1S/C22H24N4O3/c1-14-5-10-19(28-4)18(11-14)26-13-16(12-20(26)27)21-23-22(29-24-21)15-6-8-17(9-7-15)25(2)3/h5-11,16H,12-13H2,1-4H3. The van der Waals surface area contributed by atoms with Gasteiger partial charge in [0.1, 0.15) is 5.75 Å². The lowest BCUT2D eigenvalue weighted by Crippen LogP contribution is -2.25. The van der Waals surface area contributed by atoms with E-state index in [4.69, 9.17) is 9.26 Å². The van der Waals surface area contributed by atoms with Crippen LogP contribution in [0.4, 0.5) is 11.4 Å². The van der Waals surface area contributed by atoms with Crippen LogP contribution < -0.4 is 14.5 Å². The molecule has 29 heavy (non-hydrogen) atoms. The Morgan fingerprint density at radius 1 is 1.17 bits per heavy atom. The molecule has 1 fully saturated rings. The molecular formula is C22H24N4O3. The van der Waals surface area contributed by atoms with Crippen molar-refractivity contribution in [2.24, 2.45) is 0 Å². The maximum Gasteiger partial charge on any atom is 0.257 e. The SMILES string of the molecule is COc1ccc(C)cc1N1CC(c2noc(-c3ccc(N(C)C)cc3)n2)CC1=O. The van der Waals surface area contributed by atoms with E-state index in [1.165, 1.54) is 0 Å². The fourth-order valence-electron chi connectivity index (χ4n) is 3.54. The van der Waals surface area contributed by atoms with E-state index in [0.717, 1.165) is 22.5 Å². The molecule has 0 aliphatic carbocycles. The van der Waals surface area contributed by atoms with Crippen LogP contribution in [0.5, 0.6) is 5.75 Å². The number of anilines is 2. The first-order valence-corrected chi connectivity index (χ1v) is 9.52. The molecule has 4 rings (SSSR count). The summed E-state index contributed by atoms with van der Waals surface area (Å²) in [5, 5.41) is 4.15. The minimum absolute atomic E-state index is 0.0283. The molecule has 1 amide bonds. The Morgan fingerprint density at radius 3 is 2.62 bits per heavy atom. The van der Waals surface area contributed by atoms with Crippen molar-refractivity contribution in [1.82, 2.24) is 10.1 Å². The lowest BCUT2D eigenvalue weighted by Gasteiger charge is -2.19. The molecule has 2 heterocycles. The van der Waals surface area contributed by atoms with Gasteiger partial charge in [0.15, 0.2) is 5.82 Å². The lowest BCUT2D eigenvalue weighted by molar-refractivity contribution is -0.117. The Labute approximate surface area is 169 Å². The van der Waals surface area contributed by atoms with Gasteiger partial charge in [0.05, 0.1) is 12.8 Å². The van der Waals surface area contributed by atoms with Crippen LogP contribution in [0.1, 0.15) is 23.7 Å². The van der Waals surface area contributed by atoms with E-state index in [0.29, 0.717) is 30.4 Å². The highest BCUT2D eigenvalue weighted by Crippen LogP contribution is 2.36. The molecule has 1 atom stereocenters. The van der Waals surface area contributed by atoms with Gasteiger partial charge >= 0.3 is 0 Å². The first-order valence-electron chi connectivity index (χ1n) is 9.52. The number of aryl methyl sites for hydroxylation is 1. The highest BCUT2D eigenvalue weighted by molar-refractivity contribution is 5.97. The van der Waals surface area contributed by atoms with Gasteiger partial charge in [-0.05, 0) is 48.9 Å². The molecule has 1 saturated heterocycles. The van der Waals surface area contributed by atoms with Gasteiger partial charge in [-0.1, -0.05) is 11.2 Å². The van der Waals surface area contributed by atoms with Crippen LogP contribution in [0.25, 0.3) is 11.5 Å². The summed E-state index contributed by atoms with van der Waals surface area (Å²) < 4.78 is 10.9. The smallest absolute Gasteiger partial charge is 0.257 e. The Hall–Kier alpha value is -3.35. The van der Waals surface area contributed by atoms with Gasteiger partial charge in [0.2, 0.25) is 5.91 Å². The third-order valence-electron chi connectivity index (χ3n) is 5.19. The minimum Gasteiger partial charge on any atom is -0.495 e. The molecule has 7 nitrogen and oxygen atoms in total. The highest BCUT2D eigenvalue weighted by atomic mass is 16.5. The number of benzene rings is 2. The van der Waals surface area contributed by atoms with Crippen LogP contribution in [0, 0.1) is 6.92 Å². The summed E-state index contributed by atoms with van der Waals surface area (Å²) in [4.78, 5) is 21.0. The van der Waals surface area contributed by atoms with Gasteiger partial charge < -0.3 is 19.1 Å². The van der Waals surface area contributed by atoms with E-state index in [-0.39, 0.29) is 11.8 Å². The fraction of sp³-hybridized carbons (Fsp3) is 0.318. The third-order valence-corrected chi connectivity index (χ3v) is 5.19. The highest BCUT2D eigenvalue weighted by Gasteiger charge is 2.35. The minimum atomic E-state index is -0.119. The quantitative estimate of drug-likeness (QED) is 0.660. The molecule has 1 aromatic heterocycles. The molecule has 2 aromatic carbocycles. The van der Waals surface area contributed by atoms with Gasteiger partial charge in [0.25, 0.3) is 5.89 Å². The van der Waals surface area contributed by atoms with Crippen molar-refractivity contribution in [1.29, 1.82) is 0 Å². The van der Waals surface area contributed by atoms with Crippen LogP contribution in [0.15, 0.2) is 47.0 Å². The molecule has 1 unspecified atom stereocenters. The second-order valence-corrected chi connectivity index (χ2v) is 7.48. The molecule has 150 valence electrons. The second-order valence-electron chi connectivity index (χ2n) is 7.48. The van der Waals surface area contributed by atoms with Crippen LogP contribution in [0.2, 0.25) is 0 Å². The van der Waals surface area contributed by atoms with E-state index < -0.39 is 0 Å². The number of rotatable bonds is 5. The summed E-state index contributed by atoms with van der Waals surface area (Å²) in [6.07, 6.45) is 0.343. The maximum atomic E-state index is 12.7. The summed E-state index contributed by atoms with van der Waals surface area (Å²) in [6, 6.07) is 13.7. The Morgan fingerprint density at radius 2 is 1.93 bits per heavy atom. The Kier molecular flexibility index (Phi) is 4.96. The summed E-state index contributed by atoms with van der Waals surface area (Å²) in [6.45, 7) is 2.49. The zero-order chi connectivity index (χ0) is 20.5. The molecule has 7 heteroatoms. The Bertz CT molecular complexity index is 1030. The van der Waals surface area contributed by atoms with Crippen LogP contribution in [-0.4, -0.2) is 43.8 Å². The molecule has 1 aliphatic rings. The molecule has 3 aromatic rings. The number of methoxy groups -OCH3 is 1. The summed E-state index contributed by atoms with van der Waals surface area (Å²) >= 11 is 0. The zero-order valence-corrected chi connectivity index (χ0v) is 17.0. The number of carbonyl (C=O) groups is 1. The zero-order valence-electron chi connectivity index (χ0n) is 17.0. The van der Waals surface area contributed by atoms with Gasteiger partial charge in [0, 0.05) is 44.2 Å². The summed E-state index contributed by atoms with van der Waals surface area (Å²) in [5.74, 6) is 1.61. The average Bonchev–Trinajstić information content (AvgIpc) is 3.35. The largest absolute Gasteiger partial charge is 0.495 e. The first kappa shape index (κ1) is 19.0. The normalized spacial score (nSPS) is 16.3. The molecule has 0 N–H and O–H groups in total. The van der Waals surface area contributed by atoms with Crippen LogP contribution in [-0.2, 0) is 4.79 Å². The number of aromatic nitrogens is 2. The Balaban J connectivity index is 1.55. The molecule has 0 saturated carbocycles.